The van der Waals surface area contributed by atoms with E-state index in [2.05, 4.69) is 27.8 Å². The lowest BCUT2D eigenvalue weighted by Gasteiger charge is -2.15. The van der Waals surface area contributed by atoms with Crippen LogP contribution in [0.25, 0.3) is 11.5 Å². The van der Waals surface area contributed by atoms with Gasteiger partial charge in [-0.05, 0) is 43.1 Å². The van der Waals surface area contributed by atoms with Crippen LogP contribution in [0.2, 0.25) is 0 Å². The zero-order chi connectivity index (χ0) is 14.8. The third-order valence-electron chi connectivity index (χ3n) is 3.95. The molecule has 1 fully saturated rings. The Morgan fingerprint density at radius 1 is 1.43 bits per heavy atom. The van der Waals surface area contributed by atoms with Crippen molar-refractivity contribution in [3.05, 3.63) is 30.2 Å². The molecule has 110 valence electrons. The van der Waals surface area contributed by atoms with E-state index < -0.39 is 0 Å². The van der Waals surface area contributed by atoms with Gasteiger partial charge >= 0.3 is 0 Å². The van der Waals surface area contributed by atoms with E-state index in [1.807, 2.05) is 25.1 Å². The van der Waals surface area contributed by atoms with Crippen LogP contribution < -0.4 is 10.6 Å². The molecule has 6 heteroatoms. The van der Waals surface area contributed by atoms with Gasteiger partial charge in [0.05, 0.1) is 5.92 Å². The van der Waals surface area contributed by atoms with Gasteiger partial charge in [-0.15, -0.1) is 10.2 Å². The number of amides is 1. The average molecular weight is 286 g/mol. The quantitative estimate of drug-likeness (QED) is 0.900. The summed E-state index contributed by atoms with van der Waals surface area (Å²) in [7, 11) is 0. The SMILES string of the molecule is Cc1cc(-c2nnco2)ccc1NC(=O)C1CNCC1C. The van der Waals surface area contributed by atoms with Crippen LogP contribution in [0.3, 0.4) is 0 Å². The van der Waals surface area contributed by atoms with E-state index in [1.165, 1.54) is 6.39 Å². The maximum atomic E-state index is 12.3. The number of aryl methyl sites for hydroxylation is 1. The highest BCUT2D eigenvalue weighted by Crippen LogP contribution is 2.25. The van der Waals surface area contributed by atoms with Gasteiger partial charge in [0.25, 0.3) is 0 Å². The van der Waals surface area contributed by atoms with Crippen LogP contribution in [0, 0.1) is 18.8 Å². The van der Waals surface area contributed by atoms with Crippen molar-refractivity contribution in [3.63, 3.8) is 0 Å². The minimum Gasteiger partial charge on any atom is -0.423 e. The Labute approximate surface area is 123 Å². The molecule has 1 aliphatic rings. The Morgan fingerprint density at radius 3 is 2.90 bits per heavy atom. The number of aromatic nitrogens is 2. The standard InChI is InChI=1S/C15H18N4O2/c1-9-5-11(15-19-17-8-21-15)3-4-13(9)18-14(20)12-7-16-6-10(12)2/h3-5,8,10,12,16H,6-7H2,1-2H3,(H,18,20). The predicted octanol–water partition coefficient (Wildman–Crippen LogP) is 1.84. The van der Waals surface area contributed by atoms with Gasteiger partial charge in [0.15, 0.2) is 0 Å². The molecule has 21 heavy (non-hydrogen) atoms. The third kappa shape index (κ3) is 2.80. The average Bonchev–Trinajstić information content (AvgIpc) is 3.12. The first-order valence-corrected chi connectivity index (χ1v) is 7.04. The molecule has 2 heterocycles. The van der Waals surface area contributed by atoms with Gasteiger partial charge in [-0.1, -0.05) is 6.92 Å². The van der Waals surface area contributed by atoms with Crippen molar-refractivity contribution in [3.8, 4) is 11.5 Å². The number of hydrogen-bond acceptors (Lipinski definition) is 5. The largest absolute Gasteiger partial charge is 0.423 e. The lowest BCUT2D eigenvalue weighted by Crippen LogP contribution is -2.28. The molecule has 2 atom stereocenters. The molecular weight excluding hydrogens is 268 g/mol. The number of nitrogens with one attached hydrogen (secondary N) is 2. The lowest BCUT2D eigenvalue weighted by molar-refractivity contribution is -0.120. The van der Waals surface area contributed by atoms with Crippen molar-refractivity contribution in [2.45, 2.75) is 13.8 Å². The minimum absolute atomic E-state index is 0.0278. The van der Waals surface area contributed by atoms with Crippen molar-refractivity contribution in [1.29, 1.82) is 0 Å². The second kappa shape index (κ2) is 5.65. The van der Waals surface area contributed by atoms with Gasteiger partial charge in [-0.3, -0.25) is 4.79 Å². The van der Waals surface area contributed by atoms with Crippen LogP contribution >= 0.6 is 0 Å². The second-order valence-electron chi connectivity index (χ2n) is 5.50. The van der Waals surface area contributed by atoms with E-state index in [1.54, 1.807) is 0 Å². The van der Waals surface area contributed by atoms with Crippen LogP contribution in [-0.4, -0.2) is 29.2 Å². The Balaban J connectivity index is 1.76. The molecular formula is C15H18N4O2. The summed E-state index contributed by atoms with van der Waals surface area (Å²) in [6.07, 6.45) is 1.30. The van der Waals surface area contributed by atoms with Crippen LogP contribution in [-0.2, 0) is 4.79 Å². The predicted molar refractivity (Wildman–Crippen MR) is 78.6 cm³/mol. The Bertz CT molecular complexity index is 639. The van der Waals surface area contributed by atoms with E-state index in [9.17, 15) is 4.79 Å². The maximum absolute atomic E-state index is 12.3. The van der Waals surface area contributed by atoms with Crippen molar-refractivity contribution in [2.75, 3.05) is 18.4 Å². The first-order chi connectivity index (χ1) is 10.1. The zero-order valence-electron chi connectivity index (χ0n) is 12.1. The molecule has 1 amide bonds. The molecule has 0 radical (unpaired) electrons. The Morgan fingerprint density at radius 2 is 2.29 bits per heavy atom. The molecule has 2 unspecified atom stereocenters. The van der Waals surface area contributed by atoms with E-state index in [-0.39, 0.29) is 11.8 Å². The molecule has 2 N–H and O–H groups in total. The summed E-state index contributed by atoms with van der Waals surface area (Å²) in [6.45, 7) is 5.68. The topological polar surface area (TPSA) is 80.1 Å². The summed E-state index contributed by atoms with van der Waals surface area (Å²) < 4.78 is 5.17. The molecule has 0 aliphatic carbocycles. The molecule has 1 aromatic heterocycles. The van der Waals surface area contributed by atoms with Crippen LogP contribution in [0.1, 0.15) is 12.5 Å². The number of anilines is 1. The molecule has 0 bridgehead atoms. The smallest absolute Gasteiger partial charge is 0.247 e. The highest BCUT2D eigenvalue weighted by molar-refractivity contribution is 5.94. The number of benzene rings is 1. The van der Waals surface area contributed by atoms with Gasteiger partial charge in [0.2, 0.25) is 18.2 Å². The Hall–Kier alpha value is -2.21. The van der Waals surface area contributed by atoms with Crippen molar-refractivity contribution < 1.29 is 9.21 Å². The van der Waals surface area contributed by atoms with Crippen molar-refractivity contribution in [1.82, 2.24) is 15.5 Å². The van der Waals surface area contributed by atoms with E-state index >= 15 is 0 Å². The molecule has 6 nitrogen and oxygen atoms in total. The van der Waals surface area contributed by atoms with Gasteiger partial charge in [0, 0.05) is 17.8 Å². The number of rotatable bonds is 3. The summed E-state index contributed by atoms with van der Waals surface area (Å²) in [5.41, 5.74) is 2.64. The van der Waals surface area contributed by atoms with Gasteiger partial charge in [0.1, 0.15) is 0 Å². The molecule has 1 aliphatic heterocycles. The summed E-state index contributed by atoms with van der Waals surface area (Å²) in [6, 6.07) is 5.67. The van der Waals surface area contributed by atoms with E-state index in [0.29, 0.717) is 11.8 Å². The lowest BCUT2D eigenvalue weighted by atomic mass is 9.97. The fourth-order valence-electron chi connectivity index (χ4n) is 2.62. The Kier molecular flexibility index (Phi) is 3.70. The van der Waals surface area contributed by atoms with Crippen molar-refractivity contribution >= 4 is 11.6 Å². The van der Waals surface area contributed by atoms with Crippen molar-refractivity contribution in [2.24, 2.45) is 11.8 Å². The second-order valence-corrected chi connectivity index (χ2v) is 5.50. The normalized spacial score (nSPS) is 21.4. The van der Waals surface area contributed by atoms with Gasteiger partial charge in [-0.25, -0.2) is 0 Å². The molecule has 0 spiro atoms. The molecule has 2 aromatic rings. The fraction of sp³-hybridized carbons (Fsp3) is 0.400. The van der Waals surface area contributed by atoms with Gasteiger partial charge < -0.3 is 15.1 Å². The van der Waals surface area contributed by atoms with E-state index in [0.717, 1.165) is 29.9 Å². The highest BCUT2D eigenvalue weighted by atomic mass is 16.4. The molecule has 3 rings (SSSR count). The summed E-state index contributed by atoms with van der Waals surface area (Å²) >= 11 is 0. The fourth-order valence-corrected chi connectivity index (χ4v) is 2.62. The molecule has 0 saturated carbocycles. The zero-order valence-corrected chi connectivity index (χ0v) is 12.1. The monoisotopic (exact) mass is 286 g/mol. The number of nitrogens with zero attached hydrogens (tertiary/aromatic N) is 2. The minimum atomic E-state index is 0.0278. The van der Waals surface area contributed by atoms with Crippen LogP contribution in [0.4, 0.5) is 5.69 Å². The summed E-state index contributed by atoms with van der Waals surface area (Å²) in [5.74, 6) is 0.939. The molecule has 1 saturated heterocycles. The highest BCUT2D eigenvalue weighted by Gasteiger charge is 2.29. The van der Waals surface area contributed by atoms with Crippen LogP contribution in [0.15, 0.2) is 29.0 Å². The third-order valence-corrected chi connectivity index (χ3v) is 3.95. The number of carbonyl (C=O) groups excluding carboxylic acids is 1. The number of hydrogen-bond donors (Lipinski definition) is 2. The van der Waals surface area contributed by atoms with Crippen LogP contribution in [0.5, 0.6) is 0 Å². The summed E-state index contributed by atoms with van der Waals surface area (Å²) in [5, 5.41) is 13.8. The van der Waals surface area contributed by atoms with Gasteiger partial charge in [-0.2, -0.15) is 0 Å². The van der Waals surface area contributed by atoms with E-state index in [4.69, 9.17) is 4.42 Å². The summed E-state index contributed by atoms with van der Waals surface area (Å²) in [4.78, 5) is 12.3. The molecule has 1 aromatic carbocycles. The maximum Gasteiger partial charge on any atom is 0.247 e. The number of carbonyl (C=O) groups is 1. The first-order valence-electron chi connectivity index (χ1n) is 7.04. The first kappa shape index (κ1) is 13.8.